The molecule has 0 spiro atoms. The summed E-state index contributed by atoms with van der Waals surface area (Å²) in [4.78, 5) is 8.91. The Kier molecular flexibility index (Phi) is 9.14. The van der Waals surface area contributed by atoms with Gasteiger partial charge in [0.15, 0.2) is 0 Å². The van der Waals surface area contributed by atoms with Crippen LogP contribution in [0.3, 0.4) is 0 Å². The first-order valence-corrected chi connectivity index (χ1v) is 13.5. The zero-order valence-electron chi connectivity index (χ0n) is 22.5. The first-order chi connectivity index (χ1) is 19.8. The van der Waals surface area contributed by atoms with Crippen molar-refractivity contribution in [1.29, 1.82) is 0 Å². The monoisotopic (exact) mass is 562 g/mol. The van der Waals surface area contributed by atoms with E-state index in [0.717, 1.165) is 68.9 Å². The fourth-order valence-corrected chi connectivity index (χ4v) is 4.66. The second-order valence-corrected chi connectivity index (χ2v) is 9.40. The van der Waals surface area contributed by atoms with Crippen molar-refractivity contribution in [1.82, 2.24) is 9.97 Å². The fraction of sp³-hybridized carbons (Fsp3) is 0.118. The van der Waals surface area contributed by atoms with Gasteiger partial charge in [0, 0.05) is 34.5 Å². The van der Waals surface area contributed by atoms with Crippen LogP contribution < -0.4 is 20.1 Å². The smallest absolute Gasteiger partial charge is 0.142 e. The molecule has 0 saturated carbocycles. The topological polar surface area (TPSA) is 68.3 Å². The van der Waals surface area contributed by atoms with Crippen LogP contribution in [0.1, 0.15) is 12.8 Å². The van der Waals surface area contributed by atoms with Gasteiger partial charge in [-0.15, -0.1) is 12.4 Å². The van der Waals surface area contributed by atoms with Crippen LogP contribution in [-0.2, 0) is 0 Å². The average Bonchev–Trinajstić information content (AvgIpc) is 3.01. The van der Waals surface area contributed by atoms with E-state index >= 15 is 0 Å². The van der Waals surface area contributed by atoms with E-state index in [0.29, 0.717) is 13.2 Å². The number of aromatic nitrogens is 2. The average molecular weight is 563 g/mol. The Morgan fingerprint density at radius 1 is 0.463 bits per heavy atom. The van der Waals surface area contributed by atoms with Crippen molar-refractivity contribution in [2.45, 2.75) is 12.8 Å². The Bertz CT molecular complexity index is 1600. The van der Waals surface area contributed by atoms with E-state index in [1.54, 1.807) is 0 Å². The van der Waals surface area contributed by atoms with Crippen LogP contribution in [0.15, 0.2) is 122 Å². The van der Waals surface area contributed by atoms with Gasteiger partial charge in [0.2, 0.25) is 0 Å². The Labute approximate surface area is 245 Å². The minimum atomic E-state index is 0. The minimum Gasteiger partial charge on any atom is -0.491 e. The lowest BCUT2D eigenvalue weighted by molar-refractivity contribution is 0.268. The van der Waals surface area contributed by atoms with Crippen LogP contribution in [0.2, 0.25) is 0 Å². The number of halogens is 1. The van der Waals surface area contributed by atoms with Crippen molar-refractivity contribution in [3.63, 3.8) is 0 Å². The van der Waals surface area contributed by atoms with E-state index in [2.05, 4.69) is 32.7 Å². The molecule has 0 aliphatic heterocycles. The predicted molar refractivity (Wildman–Crippen MR) is 170 cm³/mol. The Hall–Kier alpha value is -4.81. The van der Waals surface area contributed by atoms with Gasteiger partial charge in [0.25, 0.3) is 0 Å². The zero-order valence-corrected chi connectivity index (χ0v) is 23.3. The molecule has 0 aliphatic carbocycles. The van der Waals surface area contributed by atoms with Crippen molar-refractivity contribution in [2.75, 3.05) is 23.8 Å². The number of nitrogens with one attached hydrogen (secondary N) is 2. The summed E-state index contributed by atoms with van der Waals surface area (Å²) in [6.45, 7) is 1.20. The first kappa shape index (κ1) is 27.7. The fourth-order valence-electron chi connectivity index (χ4n) is 4.66. The van der Waals surface area contributed by atoms with Gasteiger partial charge in [-0.3, -0.25) is 9.97 Å². The highest BCUT2D eigenvalue weighted by molar-refractivity contribution is 5.94. The maximum Gasteiger partial charge on any atom is 0.142 e. The van der Waals surface area contributed by atoms with Crippen molar-refractivity contribution in [2.24, 2.45) is 0 Å². The summed E-state index contributed by atoms with van der Waals surface area (Å²) in [5.41, 5.74) is 5.77. The molecule has 0 atom stereocenters. The highest BCUT2D eigenvalue weighted by Crippen LogP contribution is 2.32. The number of hydrogen-bond donors (Lipinski definition) is 2. The van der Waals surface area contributed by atoms with Gasteiger partial charge in [0.05, 0.1) is 35.6 Å². The summed E-state index contributed by atoms with van der Waals surface area (Å²) < 4.78 is 12.3. The number of rotatable bonds is 11. The number of benzene rings is 4. The van der Waals surface area contributed by atoms with Crippen molar-refractivity contribution >= 4 is 57.0 Å². The van der Waals surface area contributed by atoms with Crippen LogP contribution in [0, 0.1) is 0 Å². The molecule has 4 aromatic carbocycles. The highest BCUT2D eigenvalue weighted by atomic mass is 35.5. The van der Waals surface area contributed by atoms with Crippen LogP contribution in [0.4, 0.5) is 22.7 Å². The van der Waals surface area contributed by atoms with Crippen LogP contribution in [-0.4, -0.2) is 23.2 Å². The number of pyridine rings is 2. The molecule has 41 heavy (non-hydrogen) atoms. The maximum absolute atomic E-state index is 6.17. The van der Waals surface area contributed by atoms with E-state index < -0.39 is 0 Å². The number of fused-ring (bicyclic) bond motifs is 2. The summed E-state index contributed by atoms with van der Waals surface area (Å²) in [5.74, 6) is 1.65. The third-order valence-corrected chi connectivity index (χ3v) is 6.66. The number of anilines is 4. The second-order valence-electron chi connectivity index (χ2n) is 9.40. The van der Waals surface area contributed by atoms with Crippen LogP contribution in [0.25, 0.3) is 21.8 Å². The molecule has 0 fully saturated rings. The van der Waals surface area contributed by atoms with Gasteiger partial charge in [-0.1, -0.05) is 60.7 Å². The quantitative estimate of drug-likeness (QED) is 0.154. The summed E-state index contributed by atoms with van der Waals surface area (Å²) in [6, 6.07) is 36.2. The van der Waals surface area contributed by atoms with E-state index in [4.69, 9.17) is 9.47 Å². The van der Waals surface area contributed by atoms with E-state index in [1.165, 1.54) is 0 Å². The lowest BCUT2D eigenvalue weighted by Gasteiger charge is -2.15. The standard InChI is InChI=1S/C34H30N4O2.ClH/c1-3-13-27-25(11-1)29(19-21-35-27)37-31-15-5-7-17-33(31)39-23-9-10-24-40-34-18-8-6-16-32(34)38-30-20-22-36-28-14-4-2-12-26(28)30;/h1-8,11-22H,9-10,23-24H2,(H,35,37)(H,36,38);1H. The molecule has 2 N–H and O–H groups in total. The summed E-state index contributed by atoms with van der Waals surface area (Å²) in [7, 11) is 0. The van der Waals surface area contributed by atoms with E-state index in [1.807, 2.05) is 109 Å². The third-order valence-electron chi connectivity index (χ3n) is 6.66. The molecular formula is C34H31ClN4O2. The molecule has 0 bridgehead atoms. The van der Waals surface area contributed by atoms with Gasteiger partial charge in [0.1, 0.15) is 11.5 Å². The lowest BCUT2D eigenvalue weighted by atomic mass is 10.2. The maximum atomic E-state index is 6.17. The lowest BCUT2D eigenvalue weighted by Crippen LogP contribution is -2.05. The normalized spacial score (nSPS) is 10.6. The molecule has 0 radical (unpaired) electrons. The number of ether oxygens (including phenoxy) is 2. The van der Waals surface area contributed by atoms with Crippen molar-refractivity contribution in [3.8, 4) is 11.5 Å². The van der Waals surface area contributed by atoms with Crippen molar-refractivity contribution in [3.05, 3.63) is 122 Å². The molecule has 206 valence electrons. The molecule has 2 heterocycles. The van der Waals surface area contributed by atoms with Crippen LogP contribution >= 0.6 is 12.4 Å². The van der Waals surface area contributed by atoms with Gasteiger partial charge >= 0.3 is 0 Å². The number of unbranched alkanes of at least 4 members (excludes halogenated alkanes) is 1. The third kappa shape index (κ3) is 6.68. The molecule has 0 unspecified atom stereocenters. The first-order valence-electron chi connectivity index (χ1n) is 13.5. The molecule has 0 saturated heterocycles. The van der Waals surface area contributed by atoms with Crippen molar-refractivity contribution < 1.29 is 9.47 Å². The molecule has 0 aliphatic rings. The second kappa shape index (κ2) is 13.5. The Balaban J connectivity index is 0.00000337. The Morgan fingerprint density at radius 2 is 0.878 bits per heavy atom. The SMILES string of the molecule is Cl.c1ccc(OCCCCOc2ccccc2Nc2ccnc3ccccc23)c(Nc2ccnc3ccccc23)c1. The van der Waals surface area contributed by atoms with Crippen LogP contribution in [0.5, 0.6) is 11.5 Å². The molecule has 6 rings (SSSR count). The minimum absolute atomic E-state index is 0. The largest absolute Gasteiger partial charge is 0.491 e. The highest BCUT2D eigenvalue weighted by Gasteiger charge is 2.08. The summed E-state index contributed by atoms with van der Waals surface area (Å²) >= 11 is 0. The summed E-state index contributed by atoms with van der Waals surface area (Å²) in [5, 5.41) is 9.20. The number of nitrogens with zero attached hydrogens (tertiary/aromatic N) is 2. The number of para-hydroxylation sites is 6. The van der Waals surface area contributed by atoms with Gasteiger partial charge < -0.3 is 20.1 Å². The number of hydrogen-bond acceptors (Lipinski definition) is 6. The van der Waals surface area contributed by atoms with Gasteiger partial charge in [-0.2, -0.15) is 0 Å². The zero-order chi connectivity index (χ0) is 27.0. The molecular weight excluding hydrogens is 532 g/mol. The predicted octanol–water partition coefficient (Wildman–Crippen LogP) is 8.93. The summed E-state index contributed by atoms with van der Waals surface area (Å²) in [6.07, 6.45) is 5.39. The van der Waals surface area contributed by atoms with Gasteiger partial charge in [-0.25, -0.2) is 0 Å². The van der Waals surface area contributed by atoms with E-state index in [-0.39, 0.29) is 12.4 Å². The van der Waals surface area contributed by atoms with E-state index in [9.17, 15) is 0 Å². The molecule has 7 heteroatoms. The molecule has 2 aromatic heterocycles. The molecule has 0 amide bonds. The molecule has 6 aromatic rings. The Morgan fingerprint density at radius 3 is 1.37 bits per heavy atom. The molecule has 6 nitrogen and oxygen atoms in total. The van der Waals surface area contributed by atoms with Gasteiger partial charge in [-0.05, 0) is 61.4 Å².